The zero-order valence-electron chi connectivity index (χ0n) is 11.1. The number of ketones is 1. The Morgan fingerprint density at radius 1 is 1.39 bits per heavy atom. The molecule has 0 spiro atoms. The highest BCUT2D eigenvalue weighted by Crippen LogP contribution is 2.36. The molecule has 0 heterocycles. The quantitative estimate of drug-likeness (QED) is 0.578. The molecule has 0 aliphatic heterocycles. The molecule has 6 heteroatoms. The topological polar surface area (TPSA) is 86.6 Å². The highest BCUT2D eigenvalue weighted by molar-refractivity contribution is 6.43. The van der Waals surface area contributed by atoms with E-state index < -0.39 is 19.0 Å². The second-order valence-electron chi connectivity index (χ2n) is 5.30. The molecule has 1 rings (SSSR count). The standard InChI is InChI=1S/C12H22BNO4/c1-8(14-9(2)15)12(16)7-11(13(17)18)6-10-4-3-5-10/h8,10-11,17-18H,3-7H2,1-2H3,(H,14,15)/t8?,11-/m1/s1. The van der Waals surface area contributed by atoms with Crippen LogP contribution in [0, 0.1) is 5.92 Å². The van der Waals surface area contributed by atoms with Crippen LogP contribution >= 0.6 is 0 Å². The van der Waals surface area contributed by atoms with E-state index in [9.17, 15) is 19.6 Å². The van der Waals surface area contributed by atoms with Crippen molar-refractivity contribution in [3.63, 3.8) is 0 Å². The maximum atomic E-state index is 11.8. The minimum atomic E-state index is -1.46. The van der Waals surface area contributed by atoms with Crippen LogP contribution in [0.25, 0.3) is 0 Å². The van der Waals surface area contributed by atoms with Gasteiger partial charge in [-0.15, -0.1) is 0 Å². The first-order chi connectivity index (χ1) is 8.40. The van der Waals surface area contributed by atoms with E-state index in [1.54, 1.807) is 6.92 Å². The lowest BCUT2D eigenvalue weighted by atomic mass is 9.63. The smallest absolute Gasteiger partial charge is 0.427 e. The second kappa shape index (κ2) is 6.90. The third-order valence-corrected chi connectivity index (χ3v) is 3.65. The summed E-state index contributed by atoms with van der Waals surface area (Å²) in [5, 5.41) is 21.1. The van der Waals surface area contributed by atoms with Crippen LogP contribution in [0.1, 0.15) is 46.0 Å². The molecular weight excluding hydrogens is 233 g/mol. The molecule has 1 amide bonds. The lowest BCUT2D eigenvalue weighted by Gasteiger charge is -2.29. The zero-order chi connectivity index (χ0) is 13.7. The highest BCUT2D eigenvalue weighted by atomic mass is 16.4. The summed E-state index contributed by atoms with van der Waals surface area (Å²) in [6.45, 7) is 2.98. The molecule has 0 aromatic rings. The average molecular weight is 255 g/mol. The largest absolute Gasteiger partial charge is 0.455 e. The van der Waals surface area contributed by atoms with Crippen molar-refractivity contribution in [3.05, 3.63) is 0 Å². The second-order valence-corrected chi connectivity index (χ2v) is 5.30. The molecule has 2 atom stereocenters. The molecule has 1 unspecified atom stereocenters. The number of Topliss-reactive ketones (excluding diaryl/α,β-unsaturated/α-hetero) is 1. The molecule has 1 aliphatic rings. The van der Waals surface area contributed by atoms with Crippen LogP contribution in [0.15, 0.2) is 0 Å². The average Bonchev–Trinajstić information content (AvgIpc) is 2.19. The van der Waals surface area contributed by atoms with Gasteiger partial charge in [-0.3, -0.25) is 9.59 Å². The minimum absolute atomic E-state index is 0.107. The molecule has 1 saturated carbocycles. The number of carbonyl (C=O) groups excluding carboxylic acids is 2. The van der Waals surface area contributed by atoms with E-state index in [2.05, 4.69) is 5.32 Å². The molecule has 0 saturated heterocycles. The van der Waals surface area contributed by atoms with Crippen LogP contribution in [0.5, 0.6) is 0 Å². The molecule has 1 aliphatic carbocycles. The van der Waals surface area contributed by atoms with E-state index in [1.807, 2.05) is 0 Å². The van der Waals surface area contributed by atoms with Crippen LogP contribution in [0.4, 0.5) is 0 Å². The Morgan fingerprint density at radius 3 is 2.39 bits per heavy atom. The van der Waals surface area contributed by atoms with Crippen molar-refractivity contribution in [1.29, 1.82) is 0 Å². The summed E-state index contributed by atoms with van der Waals surface area (Å²) in [4.78, 5) is 22.7. The van der Waals surface area contributed by atoms with Gasteiger partial charge in [-0.1, -0.05) is 19.3 Å². The molecule has 102 valence electrons. The fourth-order valence-electron chi connectivity index (χ4n) is 2.29. The molecular formula is C12H22BNO4. The Balaban J connectivity index is 2.43. The van der Waals surface area contributed by atoms with Crippen molar-refractivity contribution in [2.45, 2.75) is 57.8 Å². The number of rotatable bonds is 7. The number of nitrogens with one attached hydrogen (secondary N) is 1. The van der Waals surface area contributed by atoms with Crippen LogP contribution in [-0.4, -0.2) is 34.9 Å². The van der Waals surface area contributed by atoms with Gasteiger partial charge in [-0.05, 0) is 19.3 Å². The fraction of sp³-hybridized carbons (Fsp3) is 0.833. The van der Waals surface area contributed by atoms with E-state index in [0.29, 0.717) is 12.3 Å². The van der Waals surface area contributed by atoms with Crippen molar-refractivity contribution in [2.75, 3.05) is 0 Å². The van der Waals surface area contributed by atoms with Gasteiger partial charge in [0.05, 0.1) is 6.04 Å². The van der Waals surface area contributed by atoms with E-state index in [1.165, 1.54) is 13.3 Å². The normalized spacial score (nSPS) is 18.7. The predicted molar refractivity (Wildman–Crippen MR) is 68.8 cm³/mol. The summed E-state index contributed by atoms with van der Waals surface area (Å²) >= 11 is 0. The molecule has 0 aromatic heterocycles. The van der Waals surface area contributed by atoms with Crippen LogP contribution in [0.2, 0.25) is 5.82 Å². The van der Waals surface area contributed by atoms with Gasteiger partial charge in [-0.2, -0.15) is 0 Å². The maximum absolute atomic E-state index is 11.8. The number of carbonyl (C=O) groups is 2. The predicted octanol–water partition coefficient (Wildman–Crippen LogP) is 0.503. The van der Waals surface area contributed by atoms with Crippen LogP contribution < -0.4 is 5.32 Å². The third-order valence-electron chi connectivity index (χ3n) is 3.65. The number of hydrogen-bond donors (Lipinski definition) is 3. The van der Waals surface area contributed by atoms with E-state index >= 15 is 0 Å². The minimum Gasteiger partial charge on any atom is -0.427 e. The van der Waals surface area contributed by atoms with Crippen LogP contribution in [-0.2, 0) is 9.59 Å². The molecule has 5 nitrogen and oxygen atoms in total. The van der Waals surface area contributed by atoms with Crippen molar-refractivity contribution >= 4 is 18.8 Å². The molecule has 3 N–H and O–H groups in total. The molecule has 1 fully saturated rings. The van der Waals surface area contributed by atoms with Gasteiger partial charge in [0, 0.05) is 19.2 Å². The van der Waals surface area contributed by atoms with E-state index in [-0.39, 0.29) is 18.1 Å². The summed E-state index contributed by atoms with van der Waals surface area (Å²) in [7, 11) is -1.46. The van der Waals surface area contributed by atoms with Gasteiger partial charge in [0.1, 0.15) is 0 Å². The first kappa shape index (κ1) is 15.2. The Labute approximate surface area is 108 Å². The van der Waals surface area contributed by atoms with Gasteiger partial charge in [0.25, 0.3) is 0 Å². The lowest BCUT2D eigenvalue weighted by Crippen LogP contribution is -2.39. The van der Waals surface area contributed by atoms with Gasteiger partial charge < -0.3 is 15.4 Å². The molecule has 0 aromatic carbocycles. The number of hydrogen-bond acceptors (Lipinski definition) is 4. The summed E-state index contributed by atoms with van der Waals surface area (Å²) < 4.78 is 0. The first-order valence-corrected chi connectivity index (χ1v) is 6.56. The Kier molecular flexibility index (Phi) is 5.82. The monoisotopic (exact) mass is 255 g/mol. The van der Waals surface area contributed by atoms with E-state index in [0.717, 1.165) is 12.8 Å². The zero-order valence-corrected chi connectivity index (χ0v) is 11.1. The Morgan fingerprint density at radius 2 is 2.00 bits per heavy atom. The van der Waals surface area contributed by atoms with Gasteiger partial charge in [0.2, 0.25) is 5.91 Å². The maximum Gasteiger partial charge on any atom is 0.455 e. The van der Waals surface area contributed by atoms with Crippen molar-refractivity contribution in [1.82, 2.24) is 5.32 Å². The van der Waals surface area contributed by atoms with Crippen molar-refractivity contribution < 1.29 is 19.6 Å². The Bertz CT molecular complexity index is 304. The summed E-state index contributed by atoms with van der Waals surface area (Å²) in [6.07, 6.45) is 4.19. The van der Waals surface area contributed by atoms with Crippen LogP contribution in [0.3, 0.4) is 0 Å². The van der Waals surface area contributed by atoms with Gasteiger partial charge in [0.15, 0.2) is 5.78 Å². The third kappa shape index (κ3) is 4.78. The Hall–Kier alpha value is -0.875. The first-order valence-electron chi connectivity index (χ1n) is 6.56. The summed E-state index contributed by atoms with van der Waals surface area (Å²) in [5.41, 5.74) is 0. The van der Waals surface area contributed by atoms with Crippen molar-refractivity contribution in [2.24, 2.45) is 5.92 Å². The van der Waals surface area contributed by atoms with Gasteiger partial charge in [-0.25, -0.2) is 0 Å². The van der Waals surface area contributed by atoms with E-state index in [4.69, 9.17) is 0 Å². The fourth-order valence-corrected chi connectivity index (χ4v) is 2.29. The SMILES string of the molecule is CC(=O)NC(C)C(=O)C[C@@H](CC1CCC1)B(O)O. The van der Waals surface area contributed by atoms with Gasteiger partial charge >= 0.3 is 7.12 Å². The lowest BCUT2D eigenvalue weighted by molar-refractivity contribution is -0.126. The summed E-state index contributed by atoms with van der Waals surface area (Å²) in [6, 6.07) is -0.565. The summed E-state index contributed by atoms with van der Waals surface area (Å²) in [5.74, 6) is -0.307. The number of amides is 1. The molecule has 0 radical (unpaired) electrons. The van der Waals surface area contributed by atoms with Crippen molar-refractivity contribution in [3.8, 4) is 0 Å². The molecule has 0 bridgehead atoms. The molecule has 18 heavy (non-hydrogen) atoms. The highest BCUT2D eigenvalue weighted by Gasteiger charge is 2.32.